The number of halogens is 3. The molecule has 0 amide bonds. The molecule has 4 N–H and O–H groups in total. The van der Waals surface area contributed by atoms with E-state index >= 15 is 0 Å². The molecule has 1 atom stereocenters. The fourth-order valence-electron chi connectivity index (χ4n) is 2.51. The minimum Gasteiger partial charge on any atom is -0.497 e. The molecule has 0 fully saturated rings. The van der Waals surface area contributed by atoms with Gasteiger partial charge in [-0.2, -0.15) is 13.2 Å². The average Bonchev–Trinajstić information content (AvgIpc) is 2.54. The molecule has 0 saturated carbocycles. The summed E-state index contributed by atoms with van der Waals surface area (Å²) in [5.41, 5.74) is 5.14. The quantitative estimate of drug-likeness (QED) is 0.652. The first-order chi connectivity index (χ1) is 11.8. The number of benzene rings is 1. The SMILES string of the molecule is COCCNC1=CC(N)(Cc2ccc(OC)cc2)NC=C1C(F)(F)F. The van der Waals surface area contributed by atoms with Crippen LogP contribution in [0.3, 0.4) is 0 Å². The number of allylic oxidation sites excluding steroid dienone is 1. The Labute approximate surface area is 144 Å². The number of hydrogen-bond donors (Lipinski definition) is 3. The summed E-state index contributed by atoms with van der Waals surface area (Å²) in [4.78, 5) is 0. The van der Waals surface area contributed by atoms with Gasteiger partial charge in [-0.05, 0) is 23.8 Å². The summed E-state index contributed by atoms with van der Waals surface area (Å²) < 4.78 is 49.5. The zero-order valence-electron chi connectivity index (χ0n) is 14.1. The highest BCUT2D eigenvalue weighted by Crippen LogP contribution is 2.33. The molecule has 2 rings (SSSR count). The van der Waals surface area contributed by atoms with Crippen LogP contribution in [-0.4, -0.2) is 39.2 Å². The molecule has 25 heavy (non-hydrogen) atoms. The summed E-state index contributed by atoms with van der Waals surface area (Å²) in [5.74, 6) is 0.697. The first-order valence-electron chi connectivity index (χ1n) is 7.70. The van der Waals surface area contributed by atoms with Gasteiger partial charge in [-0.25, -0.2) is 0 Å². The van der Waals surface area contributed by atoms with E-state index in [0.29, 0.717) is 12.2 Å². The summed E-state index contributed by atoms with van der Waals surface area (Å²) in [5, 5.41) is 5.41. The van der Waals surface area contributed by atoms with Crippen molar-refractivity contribution < 1.29 is 22.6 Å². The average molecular weight is 357 g/mol. The Hall–Kier alpha value is -2.19. The molecule has 0 aliphatic carbocycles. The highest BCUT2D eigenvalue weighted by molar-refractivity contribution is 5.40. The van der Waals surface area contributed by atoms with E-state index in [2.05, 4.69) is 10.6 Å². The van der Waals surface area contributed by atoms with Crippen molar-refractivity contribution in [1.82, 2.24) is 10.6 Å². The third kappa shape index (κ3) is 5.14. The minimum absolute atomic E-state index is 0.0562. The van der Waals surface area contributed by atoms with Crippen molar-refractivity contribution in [2.75, 3.05) is 27.4 Å². The number of alkyl halides is 3. The Morgan fingerprint density at radius 2 is 1.88 bits per heavy atom. The third-order valence-corrected chi connectivity index (χ3v) is 3.76. The van der Waals surface area contributed by atoms with E-state index in [0.717, 1.165) is 11.8 Å². The fourth-order valence-corrected chi connectivity index (χ4v) is 2.51. The van der Waals surface area contributed by atoms with Crippen LogP contribution in [-0.2, 0) is 11.2 Å². The number of hydrogen-bond acceptors (Lipinski definition) is 5. The monoisotopic (exact) mass is 357 g/mol. The second-order valence-corrected chi connectivity index (χ2v) is 5.74. The smallest absolute Gasteiger partial charge is 0.419 e. The molecule has 1 aromatic carbocycles. The van der Waals surface area contributed by atoms with E-state index in [1.54, 1.807) is 19.2 Å². The van der Waals surface area contributed by atoms with E-state index in [4.69, 9.17) is 15.2 Å². The molecular weight excluding hydrogens is 335 g/mol. The highest BCUT2D eigenvalue weighted by Gasteiger charge is 2.40. The number of nitrogens with two attached hydrogens (primary N) is 1. The standard InChI is InChI=1S/C17H22F3N3O2/c1-24-8-7-22-15-10-16(21,23-11-14(15)17(18,19)20)9-12-3-5-13(25-2)6-4-12/h3-6,10-11,22-23H,7-9,21H2,1-2H3. The number of methoxy groups -OCH3 is 2. The van der Waals surface area contributed by atoms with Crippen molar-refractivity contribution >= 4 is 0 Å². The van der Waals surface area contributed by atoms with Gasteiger partial charge in [-0.15, -0.1) is 0 Å². The predicted octanol–water partition coefficient (Wildman–Crippen LogP) is 2.06. The Bertz CT molecular complexity index is 642. The highest BCUT2D eigenvalue weighted by atomic mass is 19.4. The predicted molar refractivity (Wildman–Crippen MR) is 88.9 cm³/mol. The van der Waals surface area contributed by atoms with Gasteiger partial charge in [0.2, 0.25) is 0 Å². The first-order valence-corrected chi connectivity index (χ1v) is 7.70. The number of nitrogens with one attached hydrogen (secondary N) is 2. The van der Waals surface area contributed by atoms with E-state index in [1.165, 1.54) is 13.2 Å². The lowest BCUT2D eigenvalue weighted by Gasteiger charge is -2.33. The van der Waals surface area contributed by atoms with E-state index in [-0.39, 0.29) is 18.8 Å². The Kier molecular flexibility index (Phi) is 5.97. The van der Waals surface area contributed by atoms with Crippen molar-refractivity contribution in [3.8, 4) is 5.75 Å². The molecule has 0 saturated heterocycles. The van der Waals surface area contributed by atoms with Crippen LogP contribution in [0, 0.1) is 0 Å². The molecule has 138 valence electrons. The first kappa shape index (κ1) is 19.1. The maximum atomic E-state index is 13.2. The summed E-state index contributed by atoms with van der Waals surface area (Å²) >= 11 is 0. The van der Waals surface area contributed by atoms with Gasteiger partial charge in [0, 0.05) is 32.0 Å². The summed E-state index contributed by atoms with van der Waals surface area (Å²) in [6, 6.07) is 7.20. The lowest BCUT2D eigenvalue weighted by atomic mass is 9.95. The van der Waals surface area contributed by atoms with Gasteiger partial charge in [0.25, 0.3) is 0 Å². The Morgan fingerprint density at radius 1 is 1.20 bits per heavy atom. The van der Waals surface area contributed by atoms with Gasteiger partial charge in [-0.1, -0.05) is 12.1 Å². The van der Waals surface area contributed by atoms with Crippen LogP contribution in [0.5, 0.6) is 5.75 Å². The van der Waals surface area contributed by atoms with Crippen LogP contribution in [0.1, 0.15) is 5.56 Å². The fraction of sp³-hybridized carbons (Fsp3) is 0.412. The second kappa shape index (κ2) is 7.79. The second-order valence-electron chi connectivity index (χ2n) is 5.74. The van der Waals surface area contributed by atoms with Gasteiger partial charge < -0.3 is 25.8 Å². The van der Waals surface area contributed by atoms with Gasteiger partial charge >= 0.3 is 6.18 Å². The van der Waals surface area contributed by atoms with Crippen molar-refractivity contribution in [3.05, 3.63) is 53.4 Å². The van der Waals surface area contributed by atoms with Gasteiger partial charge in [0.05, 0.1) is 19.3 Å². The normalized spacial score (nSPS) is 20.4. The largest absolute Gasteiger partial charge is 0.497 e. The molecule has 0 bridgehead atoms. The molecular formula is C17H22F3N3O2. The third-order valence-electron chi connectivity index (χ3n) is 3.76. The van der Waals surface area contributed by atoms with Crippen LogP contribution in [0.2, 0.25) is 0 Å². The van der Waals surface area contributed by atoms with Crippen LogP contribution < -0.4 is 21.1 Å². The maximum absolute atomic E-state index is 13.2. The minimum atomic E-state index is -4.49. The summed E-state index contributed by atoms with van der Waals surface area (Å²) in [7, 11) is 3.04. The van der Waals surface area contributed by atoms with Crippen molar-refractivity contribution in [2.45, 2.75) is 18.3 Å². The lowest BCUT2D eigenvalue weighted by Crippen LogP contribution is -2.54. The molecule has 1 aliphatic rings. The van der Waals surface area contributed by atoms with E-state index in [1.807, 2.05) is 12.1 Å². The summed E-state index contributed by atoms with van der Waals surface area (Å²) in [6.45, 7) is 0.528. The molecule has 5 nitrogen and oxygen atoms in total. The molecule has 1 aliphatic heterocycles. The van der Waals surface area contributed by atoms with E-state index < -0.39 is 17.4 Å². The van der Waals surface area contributed by atoms with Crippen LogP contribution in [0.4, 0.5) is 13.2 Å². The molecule has 1 aromatic rings. The zero-order valence-corrected chi connectivity index (χ0v) is 14.1. The van der Waals surface area contributed by atoms with E-state index in [9.17, 15) is 13.2 Å². The molecule has 0 aromatic heterocycles. The van der Waals surface area contributed by atoms with Gasteiger partial charge in [0.15, 0.2) is 0 Å². The molecule has 0 spiro atoms. The van der Waals surface area contributed by atoms with Crippen LogP contribution >= 0.6 is 0 Å². The van der Waals surface area contributed by atoms with Crippen molar-refractivity contribution in [1.29, 1.82) is 0 Å². The Balaban J connectivity index is 2.20. The van der Waals surface area contributed by atoms with Crippen LogP contribution in [0.25, 0.3) is 0 Å². The number of rotatable bonds is 7. The van der Waals surface area contributed by atoms with Gasteiger partial charge in [0.1, 0.15) is 11.4 Å². The molecule has 1 heterocycles. The van der Waals surface area contributed by atoms with Crippen molar-refractivity contribution in [3.63, 3.8) is 0 Å². The van der Waals surface area contributed by atoms with Crippen LogP contribution in [0.15, 0.2) is 47.8 Å². The zero-order chi connectivity index (χ0) is 18.5. The van der Waals surface area contributed by atoms with Crippen molar-refractivity contribution in [2.24, 2.45) is 5.73 Å². The molecule has 0 radical (unpaired) electrons. The number of ether oxygens (including phenoxy) is 2. The molecule has 8 heteroatoms. The topological polar surface area (TPSA) is 68.5 Å². The maximum Gasteiger partial charge on any atom is 0.419 e. The molecule has 1 unspecified atom stereocenters. The van der Waals surface area contributed by atoms with Gasteiger partial charge in [-0.3, -0.25) is 0 Å². The summed E-state index contributed by atoms with van der Waals surface area (Å²) in [6.07, 6.45) is -1.89. The lowest BCUT2D eigenvalue weighted by molar-refractivity contribution is -0.0908. The number of dihydropyridines is 1. The Morgan fingerprint density at radius 3 is 2.44 bits per heavy atom.